The van der Waals surface area contributed by atoms with Crippen LogP contribution in [0, 0.1) is 5.82 Å². The van der Waals surface area contributed by atoms with Gasteiger partial charge in [0, 0.05) is 23.4 Å². The lowest BCUT2D eigenvalue weighted by atomic mass is 10.1. The first kappa shape index (κ1) is 15.0. The topological polar surface area (TPSA) is 41.5 Å². The highest BCUT2D eigenvalue weighted by molar-refractivity contribution is 5.51. The van der Waals surface area contributed by atoms with Crippen molar-refractivity contribution in [3.8, 4) is 11.5 Å². The molecule has 0 aromatic heterocycles. The lowest BCUT2D eigenvalue weighted by Gasteiger charge is -2.17. The predicted molar refractivity (Wildman–Crippen MR) is 73.2 cm³/mol. The van der Waals surface area contributed by atoms with Crippen LogP contribution in [0.4, 0.5) is 18.9 Å². The third kappa shape index (κ3) is 4.05. The van der Waals surface area contributed by atoms with E-state index in [2.05, 4.69) is 10.1 Å². The molecule has 21 heavy (non-hydrogen) atoms. The average Bonchev–Trinajstić information content (AvgIpc) is 2.37. The summed E-state index contributed by atoms with van der Waals surface area (Å²) in [5, 5.41) is 12.7. The SMILES string of the molecule is CC(Nc1cccc(OC(F)F)c1)c1ccc(F)cc1O. The standard InChI is InChI=1S/C15H14F3NO2/c1-9(13-6-5-10(16)7-14(13)20)19-11-3-2-4-12(8-11)21-15(17)18/h2-9,15,19-20H,1H3. The van der Waals surface area contributed by atoms with Crippen LogP contribution in [0.15, 0.2) is 42.5 Å². The number of benzene rings is 2. The van der Waals surface area contributed by atoms with Crippen molar-refractivity contribution < 1.29 is 23.0 Å². The first-order valence-electron chi connectivity index (χ1n) is 6.25. The number of ether oxygens (including phenoxy) is 1. The molecule has 1 unspecified atom stereocenters. The molecule has 0 fully saturated rings. The normalized spacial score (nSPS) is 12.2. The van der Waals surface area contributed by atoms with E-state index in [0.29, 0.717) is 11.3 Å². The molecule has 6 heteroatoms. The number of phenolic OH excluding ortho intramolecular Hbond substituents is 1. The number of rotatable bonds is 5. The van der Waals surface area contributed by atoms with Gasteiger partial charge in [0.25, 0.3) is 0 Å². The molecule has 0 bridgehead atoms. The molecule has 2 N–H and O–H groups in total. The first-order valence-corrected chi connectivity index (χ1v) is 6.25. The van der Waals surface area contributed by atoms with Crippen molar-refractivity contribution in [3.63, 3.8) is 0 Å². The van der Waals surface area contributed by atoms with E-state index in [-0.39, 0.29) is 17.5 Å². The van der Waals surface area contributed by atoms with Gasteiger partial charge >= 0.3 is 6.61 Å². The maximum Gasteiger partial charge on any atom is 0.387 e. The zero-order valence-corrected chi connectivity index (χ0v) is 11.2. The van der Waals surface area contributed by atoms with Crippen molar-refractivity contribution >= 4 is 5.69 Å². The third-order valence-corrected chi connectivity index (χ3v) is 2.90. The minimum Gasteiger partial charge on any atom is -0.507 e. The largest absolute Gasteiger partial charge is 0.507 e. The molecule has 0 aliphatic carbocycles. The summed E-state index contributed by atoms with van der Waals surface area (Å²) in [5.74, 6) is -0.670. The van der Waals surface area contributed by atoms with E-state index in [1.54, 1.807) is 19.1 Å². The van der Waals surface area contributed by atoms with Crippen molar-refractivity contribution in [2.45, 2.75) is 19.6 Å². The Morgan fingerprint density at radius 2 is 1.90 bits per heavy atom. The van der Waals surface area contributed by atoms with Gasteiger partial charge in [0.05, 0.1) is 6.04 Å². The minimum atomic E-state index is -2.89. The number of aromatic hydroxyl groups is 1. The maximum absolute atomic E-state index is 12.9. The zero-order chi connectivity index (χ0) is 15.4. The summed E-state index contributed by atoms with van der Waals surface area (Å²) < 4.78 is 41.6. The lowest BCUT2D eigenvalue weighted by Crippen LogP contribution is -2.08. The summed E-state index contributed by atoms with van der Waals surface area (Å²) in [6.07, 6.45) is 0. The van der Waals surface area contributed by atoms with Crippen LogP contribution in [0.2, 0.25) is 0 Å². The Hall–Kier alpha value is -2.37. The highest BCUT2D eigenvalue weighted by Gasteiger charge is 2.12. The summed E-state index contributed by atoms with van der Waals surface area (Å²) >= 11 is 0. The van der Waals surface area contributed by atoms with Crippen LogP contribution in [-0.4, -0.2) is 11.7 Å². The molecule has 0 saturated heterocycles. The lowest BCUT2D eigenvalue weighted by molar-refractivity contribution is -0.0498. The van der Waals surface area contributed by atoms with Crippen LogP contribution in [-0.2, 0) is 0 Å². The fraction of sp³-hybridized carbons (Fsp3) is 0.200. The van der Waals surface area contributed by atoms with E-state index in [4.69, 9.17) is 0 Å². The van der Waals surface area contributed by atoms with E-state index in [1.165, 1.54) is 24.3 Å². The van der Waals surface area contributed by atoms with Gasteiger partial charge in [-0.3, -0.25) is 0 Å². The smallest absolute Gasteiger partial charge is 0.387 e. The molecule has 0 heterocycles. The van der Waals surface area contributed by atoms with E-state index < -0.39 is 12.4 Å². The fourth-order valence-electron chi connectivity index (χ4n) is 1.97. The number of nitrogens with one attached hydrogen (secondary N) is 1. The molecule has 0 amide bonds. The quantitative estimate of drug-likeness (QED) is 0.864. The number of hydrogen-bond acceptors (Lipinski definition) is 3. The van der Waals surface area contributed by atoms with Crippen molar-refractivity contribution in [1.82, 2.24) is 0 Å². The Morgan fingerprint density at radius 1 is 1.14 bits per heavy atom. The van der Waals surface area contributed by atoms with E-state index in [1.807, 2.05) is 0 Å². The molecule has 2 aromatic carbocycles. The molecule has 2 rings (SSSR count). The molecule has 0 saturated carbocycles. The van der Waals surface area contributed by atoms with E-state index in [9.17, 15) is 18.3 Å². The molecular formula is C15H14F3NO2. The van der Waals surface area contributed by atoms with E-state index in [0.717, 1.165) is 6.07 Å². The summed E-state index contributed by atoms with van der Waals surface area (Å²) in [6.45, 7) is -1.13. The number of hydrogen-bond donors (Lipinski definition) is 2. The molecule has 2 aromatic rings. The second kappa shape index (κ2) is 6.39. The number of phenols is 1. The number of anilines is 1. The fourth-order valence-corrected chi connectivity index (χ4v) is 1.97. The highest BCUT2D eigenvalue weighted by atomic mass is 19.3. The van der Waals surface area contributed by atoms with Gasteiger partial charge in [0.2, 0.25) is 0 Å². The van der Waals surface area contributed by atoms with Crippen LogP contribution in [0.3, 0.4) is 0 Å². The van der Waals surface area contributed by atoms with Gasteiger partial charge in [-0.2, -0.15) is 8.78 Å². The summed E-state index contributed by atoms with van der Waals surface area (Å²) in [4.78, 5) is 0. The van der Waals surface area contributed by atoms with E-state index >= 15 is 0 Å². The molecule has 112 valence electrons. The average molecular weight is 297 g/mol. The zero-order valence-electron chi connectivity index (χ0n) is 11.2. The maximum atomic E-state index is 12.9. The van der Waals surface area contributed by atoms with Crippen molar-refractivity contribution in [2.75, 3.05) is 5.32 Å². The van der Waals surface area contributed by atoms with Gasteiger partial charge in [-0.05, 0) is 25.1 Å². The van der Waals surface area contributed by atoms with Crippen LogP contribution in [0.1, 0.15) is 18.5 Å². The Balaban J connectivity index is 2.13. The second-order valence-electron chi connectivity index (χ2n) is 4.48. The number of halogens is 3. The predicted octanol–water partition coefficient (Wildman–Crippen LogP) is 4.31. The summed E-state index contributed by atoms with van der Waals surface area (Å²) in [7, 11) is 0. The Kier molecular flexibility index (Phi) is 4.57. The van der Waals surface area contributed by atoms with Gasteiger partial charge in [-0.25, -0.2) is 4.39 Å². The van der Waals surface area contributed by atoms with Crippen LogP contribution < -0.4 is 10.1 Å². The second-order valence-corrected chi connectivity index (χ2v) is 4.48. The van der Waals surface area contributed by atoms with Crippen molar-refractivity contribution in [2.24, 2.45) is 0 Å². The van der Waals surface area contributed by atoms with Gasteiger partial charge in [0.15, 0.2) is 0 Å². The van der Waals surface area contributed by atoms with Crippen molar-refractivity contribution in [1.29, 1.82) is 0 Å². The van der Waals surface area contributed by atoms with Gasteiger partial charge in [-0.15, -0.1) is 0 Å². The molecular weight excluding hydrogens is 283 g/mol. The van der Waals surface area contributed by atoms with Crippen LogP contribution in [0.25, 0.3) is 0 Å². The Labute approximate surface area is 120 Å². The summed E-state index contributed by atoms with van der Waals surface area (Å²) in [6, 6.07) is 9.45. The van der Waals surface area contributed by atoms with Gasteiger partial charge < -0.3 is 15.2 Å². The molecule has 0 radical (unpaired) electrons. The molecule has 1 atom stereocenters. The third-order valence-electron chi connectivity index (χ3n) is 2.90. The molecule has 0 aliphatic heterocycles. The first-order chi connectivity index (χ1) is 9.95. The number of alkyl halides is 2. The van der Waals surface area contributed by atoms with Crippen LogP contribution >= 0.6 is 0 Å². The Morgan fingerprint density at radius 3 is 2.57 bits per heavy atom. The molecule has 0 aliphatic rings. The van der Waals surface area contributed by atoms with Gasteiger partial charge in [0.1, 0.15) is 17.3 Å². The Bertz CT molecular complexity index is 620. The highest BCUT2D eigenvalue weighted by Crippen LogP contribution is 2.28. The van der Waals surface area contributed by atoms with Gasteiger partial charge in [-0.1, -0.05) is 12.1 Å². The molecule has 3 nitrogen and oxygen atoms in total. The van der Waals surface area contributed by atoms with Crippen molar-refractivity contribution in [3.05, 3.63) is 53.8 Å². The molecule has 0 spiro atoms. The van der Waals surface area contributed by atoms with Crippen LogP contribution in [0.5, 0.6) is 11.5 Å². The minimum absolute atomic E-state index is 0.0329. The monoisotopic (exact) mass is 297 g/mol. The summed E-state index contributed by atoms with van der Waals surface area (Å²) in [5.41, 5.74) is 1.04.